The zero-order chi connectivity index (χ0) is 14.5. The van der Waals surface area contributed by atoms with Crippen LogP contribution >= 0.6 is 0 Å². The third-order valence-corrected chi connectivity index (χ3v) is 4.22. The zero-order valence-electron chi connectivity index (χ0n) is 12.4. The summed E-state index contributed by atoms with van der Waals surface area (Å²) in [5.74, 6) is 0. The minimum Gasteiger partial charge on any atom is -0.395 e. The number of aromatic nitrogens is 2. The van der Waals surface area contributed by atoms with E-state index >= 15 is 0 Å². The van der Waals surface area contributed by atoms with Crippen LogP contribution in [0.3, 0.4) is 0 Å². The molecule has 4 heteroatoms. The number of aliphatic hydroxyl groups is 1. The molecule has 4 nitrogen and oxygen atoms in total. The average Bonchev–Trinajstić information content (AvgIpc) is 2.96. The van der Waals surface area contributed by atoms with Gasteiger partial charge in [-0.25, -0.2) is 0 Å². The van der Waals surface area contributed by atoms with Crippen LogP contribution in [0.25, 0.3) is 0 Å². The van der Waals surface area contributed by atoms with Gasteiger partial charge in [0.2, 0.25) is 0 Å². The minimum atomic E-state index is 0.262. The Labute approximate surface area is 126 Å². The maximum Gasteiger partial charge on any atom is 0.0659 e. The molecule has 1 aromatic carbocycles. The van der Waals surface area contributed by atoms with Crippen molar-refractivity contribution in [3.05, 3.63) is 53.9 Å². The molecule has 0 amide bonds. The normalized spacial score (nSPS) is 19.8. The van der Waals surface area contributed by atoms with Gasteiger partial charge in [-0.05, 0) is 24.9 Å². The van der Waals surface area contributed by atoms with Gasteiger partial charge >= 0.3 is 0 Å². The fraction of sp³-hybridized carbons (Fsp3) is 0.471. The topological polar surface area (TPSA) is 41.3 Å². The Hall–Kier alpha value is -1.65. The molecule has 1 aliphatic heterocycles. The number of piperidine rings is 1. The molecule has 1 fully saturated rings. The fourth-order valence-corrected chi connectivity index (χ4v) is 3.05. The van der Waals surface area contributed by atoms with E-state index in [0.717, 1.165) is 26.1 Å². The molecule has 0 spiro atoms. The number of rotatable bonds is 5. The van der Waals surface area contributed by atoms with Crippen LogP contribution < -0.4 is 0 Å². The lowest BCUT2D eigenvalue weighted by atomic mass is 10.0. The number of likely N-dealkylation sites (tertiary alicyclic amines) is 1. The first kappa shape index (κ1) is 14.3. The number of nitrogens with zero attached hydrogens (tertiary/aromatic N) is 3. The average molecular weight is 285 g/mol. The fourth-order valence-electron chi connectivity index (χ4n) is 3.05. The Kier molecular flexibility index (Phi) is 4.68. The predicted octanol–water partition coefficient (Wildman–Crippen LogP) is 2.28. The molecular formula is C17H23N3O. The maximum absolute atomic E-state index is 9.48. The molecule has 1 aliphatic rings. The lowest BCUT2D eigenvalue weighted by Crippen LogP contribution is -2.41. The van der Waals surface area contributed by atoms with Gasteiger partial charge < -0.3 is 5.11 Å². The molecule has 0 saturated carbocycles. The van der Waals surface area contributed by atoms with Crippen LogP contribution in [0.1, 0.15) is 30.4 Å². The van der Waals surface area contributed by atoms with Crippen molar-refractivity contribution in [1.82, 2.24) is 14.7 Å². The monoisotopic (exact) mass is 285 g/mol. The summed E-state index contributed by atoms with van der Waals surface area (Å²) in [5.41, 5.74) is 2.49. The second-order valence-corrected chi connectivity index (χ2v) is 5.83. The van der Waals surface area contributed by atoms with Gasteiger partial charge in [0, 0.05) is 24.3 Å². The molecule has 2 heterocycles. The Morgan fingerprint density at radius 1 is 1.10 bits per heavy atom. The van der Waals surface area contributed by atoms with Crippen LogP contribution in [0.5, 0.6) is 0 Å². The smallest absolute Gasteiger partial charge is 0.0659 e. The van der Waals surface area contributed by atoms with E-state index in [4.69, 9.17) is 0 Å². The molecule has 1 unspecified atom stereocenters. The number of aliphatic hydroxyl groups excluding tert-OH is 1. The third-order valence-electron chi connectivity index (χ3n) is 4.22. The highest BCUT2D eigenvalue weighted by atomic mass is 16.3. The highest BCUT2D eigenvalue weighted by Crippen LogP contribution is 2.19. The first-order valence-electron chi connectivity index (χ1n) is 7.75. The van der Waals surface area contributed by atoms with Crippen LogP contribution in [0.15, 0.2) is 42.7 Å². The maximum atomic E-state index is 9.48. The second-order valence-electron chi connectivity index (χ2n) is 5.83. The van der Waals surface area contributed by atoms with E-state index in [-0.39, 0.29) is 6.61 Å². The quantitative estimate of drug-likeness (QED) is 0.916. The van der Waals surface area contributed by atoms with Gasteiger partial charge in [-0.15, -0.1) is 0 Å². The first-order chi connectivity index (χ1) is 10.3. The highest BCUT2D eigenvalue weighted by Gasteiger charge is 2.21. The van der Waals surface area contributed by atoms with Crippen molar-refractivity contribution in [2.75, 3.05) is 13.2 Å². The van der Waals surface area contributed by atoms with E-state index in [9.17, 15) is 5.11 Å². The summed E-state index contributed by atoms with van der Waals surface area (Å²) in [6.07, 6.45) is 7.64. The van der Waals surface area contributed by atoms with Crippen molar-refractivity contribution < 1.29 is 5.11 Å². The van der Waals surface area contributed by atoms with Crippen molar-refractivity contribution in [2.24, 2.45) is 0 Å². The van der Waals surface area contributed by atoms with Gasteiger partial charge in [-0.2, -0.15) is 5.10 Å². The summed E-state index contributed by atoms with van der Waals surface area (Å²) < 4.78 is 1.99. The van der Waals surface area contributed by atoms with Crippen molar-refractivity contribution >= 4 is 0 Å². The number of hydrogen-bond acceptors (Lipinski definition) is 3. The van der Waals surface area contributed by atoms with Crippen LogP contribution in [0.2, 0.25) is 0 Å². The Bertz CT molecular complexity index is 552. The summed E-state index contributed by atoms with van der Waals surface area (Å²) in [6.45, 7) is 3.04. The molecule has 0 bridgehead atoms. The van der Waals surface area contributed by atoms with Crippen molar-refractivity contribution in [3.63, 3.8) is 0 Å². The molecule has 21 heavy (non-hydrogen) atoms. The van der Waals surface area contributed by atoms with E-state index < -0.39 is 0 Å². The standard InChI is InChI=1S/C17H23N3O/c21-14-17-8-4-5-9-19(17)11-16-10-18-20(13-16)12-15-6-2-1-3-7-15/h1-3,6-7,10,13,17,21H,4-5,8-9,11-12,14H2. The van der Waals surface area contributed by atoms with Crippen molar-refractivity contribution in [1.29, 1.82) is 0 Å². The number of benzene rings is 1. The lowest BCUT2D eigenvalue weighted by Gasteiger charge is -2.34. The van der Waals surface area contributed by atoms with E-state index in [0.29, 0.717) is 6.04 Å². The minimum absolute atomic E-state index is 0.262. The third kappa shape index (κ3) is 3.71. The van der Waals surface area contributed by atoms with Crippen LogP contribution in [-0.2, 0) is 13.1 Å². The van der Waals surface area contributed by atoms with Gasteiger partial charge in [0.15, 0.2) is 0 Å². The van der Waals surface area contributed by atoms with Crippen molar-refractivity contribution in [3.8, 4) is 0 Å². The molecule has 3 rings (SSSR count). The van der Waals surface area contributed by atoms with Gasteiger partial charge in [0.05, 0.1) is 19.3 Å². The largest absolute Gasteiger partial charge is 0.395 e. The summed E-state index contributed by atoms with van der Waals surface area (Å²) in [6, 6.07) is 10.7. The predicted molar refractivity (Wildman–Crippen MR) is 82.9 cm³/mol. The molecule has 2 aromatic rings. The second kappa shape index (κ2) is 6.87. The zero-order valence-corrected chi connectivity index (χ0v) is 12.4. The Morgan fingerprint density at radius 2 is 1.95 bits per heavy atom. The highest BCUT2D eigenvalue weighted by molar-refractivity contribution is 5.15. The van der Waals surface area contributed by atoms with E-state index in [1.165, 1.54) is 24.0 Å². The van der Waals surface area contributed by atoms with Gasteiger partial charge in [0.25, 0.3) is 0 Å². The first-order valence-corrected chi connectivity index (χ1v) is 7.75. The van der Waals surface area contributed by atoms with Crippen molar-refractivity contribution in [2.45, 2.75) is 38.4 Å². The molecule has 0 aliphatic carbocycles. The van der Waals surface area contributed by atoms with Crippen LogP contribution in [-0.4, -0.2) is 39.0 Å². The van der Waals surface area contributed by atoms with E-state index in [1.54, 1.807) is 0 Å². The summed E-state index contributed by atoms with van der Waals surface area (Å²) >= 11 is 0. The molecule has 1 atom stereocenters. The lowest BCUT2D eigenvalue weighted by molar-refractivity contribution is 0.0841. The summed E-state index contributed by atoms with van der Waals surface area (Å²) in [4.78, 5) is 2.38. The summed E-state index contributed by atoms with van der Waals surface area (Å²) in [5, 5.41) is 13.9. The molecular weight excluding hydrogens is 262 g/mol. The molecule has 1 N–H and O–H groups in total. The molecule has 112 valence electrons. The van der Waals surface area contributed by atoms with E-state index in [2.05, 4.69) is 40.5 Å². The SMILES string of the molecule is OCC1CCCCN1Cc1cnn(Cc2ccccc2)c1. The molecule has 1 saturated heterocycles. The Balaban J connectivity index is 1.62. The Morgan fingerprint density at radius 3 is 2.76 bits per heavy atom. The van der Waals surface area contributed by atoms with Gasteiger partial charge in [-0.1, -0.05) is 36.8 Å². The molecule has 1 aromatic heterocycles. The summed E-state index contributed by atoms with van der Waals surface area (Å²) in [7, 11) is 0. The molecule has 0 radical (unpaired) electrons. The van der Waals surface area contributed by atoms with Gasteiger partial charge in [0.1, 0.15) is 0 Å². The van der Waals surface area contributed by atoms with E-state index in [1.807, 2.05) is 16.9 Å². The van der Waals surface area contributed by atoms with Gasteiger partial charge in [-0.3, -0.25) is 9.58 Å². The number of hydrogen-bond donors (Lipinski definition) is 1. The van der Waals surface area contributed by atoms with Crippen LogP contribution in [0.4, 0.5) is 0 Å². The van der Waals surface area contributed by atoms with Crippen LogP contribution in [0, 0.1) is 0 Å².